The maximum absolute atomic E-state index is 2.39. The number of aromatic nitrogens is 1. The van der Waals surface area contributed by atoms with Crippen molar-refractivity contribution < 1.29 is 0 Å². The fourth-order valence-corrected chi connectivity index (χ4v) is 6.07. The highest BCUT2D eigenvalue weighted by Gasteiger charge is 2.22. The fraction of sp³-hybridized carbons (Fsp3) is 0. The first-order chi connectivity index (χ1) is 17.4. The minimum Gasteiger partial charge on any atom is -0.309 e. The number of benzene rings is 6. The number of hydrogen-bond donors (Lipinski definition) is 0. The van der Waals surface area contributed by atoms with Gasteiger partial charge in [-0.3, -0.25) is 0 Å². The van der Waals surface area contributed by atoms with Crippen molar-refractivity contribution in [3.8, 4) is 39.1 Å². The molecular formula is C34H21N. The smallest absolute Gasteiger partial charge is 0.0541 e. The Balaban J connectivity index is 1.38. The third-order valence-corrected chi connectivity index (χ3v) is 7.54. The Morgan fingerprint density at radius 2 is 0.914 bits per heavy atom. The second-order valence-electron chi connectivity index (χ2n) is 9.35. The molecule has 1 heterocycles. The van der Waals surface area contributed by atoms with Crippen LogP contribution in [-0.4, -0.2) is 4.57 Å². The zero-order valence-electron chi connectivity index (χ0n) is 19.1. The molecule has 0 N–H and O–H groups in total. The summed E-state index contributed by atoms with van der Waals surface area (Å²) < 4.78 is 2.39. The van der Waals surface area contributed by atoms with E-state index in [4.69, 9.17) is 0 Å². The monoisotopic (exact) mass is 443 g/mol. The molecule has 0 unspecified atom stereocenters. The lowest BCUT2D eigenvalue weighted by molar-refractivity contribution is 1.18. The maximum Gasteiger partial charge on any atom is 0.0541 e. The second-order valence-corrected chi connectivity index (χ2v) is 9.35. The van der Waals surface area contributed by atoms with Crippen molar-refractivity contribution in [3.05, 3.63) is 127 Å². The SMILES string of the molecule is c1cc(-c2ccc3c4c(cccc24)-c2ccccc2-3)cc(-n2c3ccccc3c3ccccc32)c1. The maximum atomic E-state index is 2.39. The van der Waals surface area contributed by atoms with Gasteiger partial charge in [-0.05, 0) is 68.4 Å². The third-order valence-electron chi connectivity index (χ3n) is 7.54. The van der Waals surface area contributed by atoms with E-state index in [1.54, 1.807) is 0 Å². The van der Waals surface area contributed by atoms with E-state index < -0.39 is 0 Å². The van der Waals surface area contributed by atoms with Gasteiger partial charge in [0.15, 0.2) is 0 Å². The Labute approximate surface area is 203 Å². The summed E-state index contributed by atoms with van der Waals surface area (Å²) in [5.41, 5.74) is 11.5. The highest BCUT2D eigenvalue weighted by atomic mass is 15.0. The van der Waals surface area contributed by atoms with Crippen molar-refractivity contribution in [1.29, 1.82) is 0 Å². The van der Waals surface area contributed by atoms with E-state index in [1.165, 1.54) is 71.6 Å². The average molecular weight is 444 g/mol. The molecule has 8 rings (SSSR count). The van der Waals surface area contributed by atoms with Crippen molar-refractivity contribution in [2.24, 2.45) is 0 Å². The molecule has 1 aromatic heterocycles. The Hall–Kier alpha value is -4.62. The number of rotatable bonds is 2. The van der Waals surface area contributed by atoms with Gasteiger partial charge in [-0.25, -0.2) is 0 Å². The zero-order valence-corrected chi connectivity index (χ0v) is 19.1. The predicted octanol–water partition coefficient (Wildman–Crippen LogP) is 9.25. The molecule has 1 heteroatoms. The summed E-state index contributed by atoms with van der Waals surface area (Å²) >= 11 is 0. The van der Waals surface area contributed by atoms with Gasteiger partial charge >= 0.3 is 0 Å². The summed E-state index contributed by atoms with van der Waals surface area (Å²) in [4.78, 5) is 0. The standard InChI is InChI=1S/C34H21N/c1-2-12-26-25(11-1)30-16-8-15-29-24(19-20-31(26)34(29)30)22-9-7-10-23(21-22)35-32-17-5-3-13-27(32)28-14-4-6-18-33(28)35/h1-21H. The second kappa shape index (κ2) is 6.94. The van der Waals surface area contributed by atoms with Gasteiger partial charge in [-0.1, -0.05) is 103 Å². The topological polar surface area (TPSA) is 4.93 Å². The number of nitrogens with zero attached hydrogens (tertiary/aromatic N) is 1. The zero-order chi connectivity index (χ0) is 22.9. The Kier molecular flexibility index (Phi) is 3.72. The highest BCUT2D eigenvalue weighted by Crippen LogP contribution is 2.49. The predicted molar refractivity (Wildman–Crippen MR) is 148 cm³/mol. The van der Waals surface area contributed by atoms with Crippen molar-refractivity contribution >= 4 is 32.6 Å². The van der Waals surface area contributed by atoms with Gasteiger partial charge in [0, 0.05) is 16.5 Å². The van der Waals surface area contributed by atoms with Crippen LogP contribution in [0.1, 0.15) is 0 Å². The summed E-state index contributed by atoms with van der Waals surface area (Å²) in [6.45, 7) is 0. The normalized spacial score (nSPS) is 12.0. The van der Waals surface area contributed by atoms with Gasteiger partial charge in [0.2, 0.25) is 0 Å². The van der Waals surface area contributed by atoms with E-state index in [9.17, 15) is 0 Å². The van der Waals surface area contributed by atoms with Crippen LogP contribution in [0.4, 0.5) is 0 Å². The first-order valence-electron chi connectivity index (χ1n) is 12.1. The summed E-state index contributed by atoms with van der Waals surface area (Å²) in [7, 11) is 0. The molecule has 6 aromatic carbocycles. The summed E-state index contributed by atoms with van der Waals surface area (Å²) in [6.07, 6.45) is 0. The van der Waals surface area contributed by atoms with Crippen molar-refractivity contribution in [2.75, 3.05) is 0 Å². The summed E-state index contributed by atoms with van der Waals surface area (Å²) in [5.74, 6) is 0. The lowest BCUT2D eigenvalue weighted by atomic mass is 9.94. The molecule has 0 amide bonds. The minimum absolute atomic E-state index is 1.19. The number of para-hydroxylation sites is 2. The van der Waals surface area contributed by atoms with E-state index in [0.717, 1.165) is 0 Å². The van der Waals surface area contributed by atoms with Crippen LogP contribution in [0.25, 0.3) is 71.6 Å². The average Bonchev–Trinajstić information content (AvgIpc) is 3.44. The van der Waals surface area contributed by atoms with E-state index in [-0.39, 0.29) is 0 Å². The van der Waals surface area contributed by atoms with Crippen molar-refractivity contribution in [3.63, 3.8) is 0 Å². The molecule has 35 heavy (non-hydrogen) atoms. The fourth-order valence-electron chi connectivity index (χ4n) is 6.07. The van der Waals surface area contributed by atoms with Crippen LogP contribution in [-0.2, 0) is 0 Å². The van der Waals surface area contributed by atoms with Crippen LogP contribution in [0.5, 0.6) is 0 Å². The van der Waals surface area contributed by atoms with Crippen molar-refractivity contribution in [2.45, 2.75) is 0 Å². The quantitative estimate of drug-likeness (QED) is 0.251. The van der Waals surface area contributed by atoms with Crippen LogP contribution < -0.4 is 0 Å². The van der Waals surface area contributed by atoms with Crippen LogP contribution >= 0.6 is 0 Å². The lowest BCUT2D eigenvalue weighted by Crippen LogP contribution is -1.94. The molecule has 0 bridgehead atoms. The molecule has 0 saturated carbocycles. The number of hydrogen-bond acceptors (Lipinski definition) is 0. The van der Waals surface area contributed by atoms with Gasteiger partial charge in [-0.2, -0.15) is 0 Å². The van der Waals surface area contributed by atoms with Crippen molar-refractivity contribution in [1.82, 2.24) is 4.57 Å². The molecule has 0 fully saturated rings. The van der Waals surface area contributed by atoms with Gasteiger partial charge < -0.3 is 4.57 Å². The van der Waals surface area contributed by atoms with E-state index >= 15 is 0 Å². The molecule has 1 aliphatic rings. The van der Waals surface area contributed by atoms with Crippen LogP contribution in [0.3, 0.4) is 0 Å². The molecule has 0 saturated heterocycles. The molecule has 1 aliphatic carbocycles. The van der Waals surface area contributed by atoms with Crippen LogP contribution in [0.2, 0.25) is 0 Å². The Bertz CT molecular complexity index is 1870. The van der Waals surface area contributed by atoms with Gasteiger partial charge in [0.25, 0.3) is 0 Å². The first-order valence-corrected chi connectivity index (χ1v) is 12.1. The van der Waals surface area contributed by atoms with E-state index in [2.05, 4.69) is 132 Å². The molecule has 162 valence electrons. The van der Waals surface area contributed by atoms with E-state index in [0.29, 0.717) is 0 Å². The molecule has 7 aromatic rings. The Morgan fingerprint density at radius 3 is 1.66 bits per heavy atom. The lowest BCUT2D eigenvalue weighted by Gasteiger charge is -2.13. The molecule has 1 nitrogen and oxygen atoms in total. The highest BCUT2D eigenvalue weighted by molar-refractivity contribution is 6.18. The van der Waals surface area contributed by atoms with E-state index in [1.807, 2.05) is 0 Å². The molecule has 0 spiro atoms. The summed E-state index contributed by atoms with van der Waals surface area (Å²) in [5, 5.41) is 5.26. The molecule has 0 aliphatic heterocycles. The third kappa shape index (κ3) is 2.53. The summed E-state index contributed by atoms with van der Waals surface area (Å²) in [6, 6.07) is 46.5. The molecule has 0 radical (unpaired) electrons. The largest absolute Gasteiger partial charge is 0.309 e. The Morgan fingerprint density at radius 1 is 0.371 bits per heavy atom. The minimum atomic E-state index is 1.19. The van der Waals surface area contributed by atoms with Gasteiger partial charge in [0.05, 0.1) is 11.0 Å². The van der Waals surface area contributed by atoms with Gasteiger partial charge in [-0.15, -0.1) is 0 Å². The molecule has 0 atom stereocenters. The van der Waals surface area contributed by atoms with Crippen LogP contribution in [0, 0.1) is 0 Å². The van der Waals surface area contributed by atoms with Crippen LogP contribution in [0.15, 0.2) is 127 Å². The number of fused-ring (bicyclic) bond motifs is 6. The van der Waals surface area contributed by atoms with Gasteiger partial charge in [0.1, 0.15) is 0 Å². The molecular weight excluding hydrogens is 422 g/mol. The first kappa shape index (κ1) is 18.8.